The number of halogens is 1. The molecule has 0 fully saturated rings. The van der Waals surface area contributed by atoms with E-state index in [2.05, 4.69) is 4.98 Å². The van der Waals surface area contributed by atoms with Crippen molar-refractivity contribution in [3.8, 4) is 0 Å². The van der Waals surface area contributed by atoms with E-state index in [9.17, 15) is 0 Å². The van der Waals surface area contributed by atoms with Crippen LogP contribution in [0.3, 0.4) is 0 Å². The van der Waals surface area contributed by atoms with Gasteiger partial charge in [0.25, 0.3) is 5.22 Å². The van der Waals surface area contributed by atoms with E-state index in [1.54, 1.807) is 18.2 Å². The van der Waals surface area contributed by atoms with Crippen LogP contribution in [-0.2, 0) is 0 Å². The predicted octanol–water partition coefficient (Wildman–Crippen LogP) is 3.38. The highest BCUT2D eigenvalue weighted by molar-refractivity contribution is 7.99. The number of amidine groups is 1. The topological polar surface area (TPSA) is 75.9 Å². The molecule has 0 aliphatic rings. The Balaban J connectivity index is 2.27. The number of hydrogen-bond acceptors (Lipinski definition) is 4. The Hall–Kier alpha value is -1.46. The summed E-state index contributed by atoms with van der Waals surface area (Å²) >= 11 is 7.48. The summed E-state index contributed by atoms with van der Waals surface area (Å²) in [6.07, 6.45) is 0. The minimum absolute atomic E-state index is 0.00346. The van der Waals surface area contributed by atoms with Gasteiger partial charge in [-0.2, -0.15) is 0 Å². The molecule has 18 heavy (non-hydrogen) atoms. The van der Waals surface area contributed by atoms with Crippen molar-refractivity contribution in [3.63, 3.8) is 0 Å². The second-order valence-corrected chi connectivity index (χ2v) is 5.18. The van der Waals surface area contributed by atoms with Gasteiger partial charge in [-0.25, -0.2) is 4.98 Å². The Morgan fingerprint density at radius 1 is 1.44 bits per heavy atom. The number of nitrogens with two attached hydrogens (primary N) is 1. The van der Waals surface area contributed by atoms with Crippen molar-refractivity contribution in [1.29, 1.82) is 5.41 Å². The molecule has 1 aromatic heterocycles. The van der Waals surface area contributed by atoms with E-state index in [4.69, 9.17) is 27.2 Å². The molecule has 0 aliphatic heterocycles. The van der Waals surface area contributed by atoms with Gasteiger partial charge in [0.1, 0.15) is 11.6 Å². The lowest BCUT2D eigenvalue weighted by Gasteiger charge is -2.03. The van der Waals surface area contributed by atoms with Gasteiger partial charge in [0.15, 0.2) is 0 Å². The van der Waals surface area contributed by atoms with Crippen molar-refractivity contribution in [2.24, 2.45) is 5.73 Å². The molecular weight excluding hydrogens is 270 g/mol. The Morgan fingerprint density at radius 3 is 2.67 bits per heavy atom. The molecule has 3 N–H and O–H groups in total. The third-order valence-corrected chi connectivity index (χ3v) is 3.80. The molecule has 94 valence electrons. The molecule has 0 amide bonds. The summed E-state index contributed by atoms with van der Waals surface area (Å²) < 4.78 is 5.48. The molecule has 1 aromatic carbocycles. The monoisotopic (exact) mass is 281 g/mol. The molecule has 0 spiro atoms. The maximum Gasteiger partial charge on any atom is 0.261 e. The Labute approximate surface area is 114 Å². The zero-order valence-electron chi connectivity index (χ0n) is 9.95. The second-order valence-electron chi connectivity index (χ2n) is 3.78. The van der Waals surface area contributed by atoms with Crippen LogP contribution in [-0.4, -0.2) is 10.8 Å². The third-order valence-electron chi connectivity index (χ3n) is 2.45. The van der Waals surface area contributed by atoms with E-state index in [0.717, 1.165) is 16.3 Å². The van der Waals surface area contributed by atoms with Crippen LogP contribution in [0.5, 0.6) is 0 Å². The minimum atomic E-state index is -0.00346. The molecule has 2 aromatic rings. The minimum Gasteiger partial charge on any atom is -0.436 e. The molecule has 0 saturated heterocycles. The predicted molar refractivity (Wildman–Crippen MR) is 72.6 cm³/mol. The van der Waals surface area contributed by atoms with Gasteiger partial charge in [-0.15, -0.1) is 0 Å². The molecule has 1 heterocycles. The average molecular weight is 282 g/mol. The van der Waals surface area contributed by atoms with Crippen molar-refractivity contribution in [2.45, 2.75) is 24.0 Å². The Bertz CT molecular complexity index is 590. The highest BCUT2D eigenvalue weighted by Crippen LogP contribution is 2.34. The summed E-state index contributed by atoms with van der Waals surface area (Å²) in [5, 5.41) is 8.42. The van der Waals surface area contributed by atoms with E-state index in [-0.39, 0.29) is 5.84 Å². The number of aryl methyl sites for hydroxylation is 2. The van der Waals surface area contributed by atoms with E-state index in [1.807, 2.05) is 13.8 Å². The van der Waals surface area contributed by atoms with E-state index in [0.29, 0.717) is 15.8 Å². The highest BCUT2D eigenvalue weighted by atomic mass is 35.5. The van der Waals surface area contributed by atoms with E-state index >= 15 is 0 Å². The first-order valence-electron chi connectivity index (χ1n) is 5.23. The molecule has 4 nitrogen and oxygen atoms in total. The van der Waals surface area contributed by atoms with Crippen molar-refractivity contribution in [1.82, 2.24) is 4.98 Å². The zero-order valence-corrected chi connectivity index (χ0v) is 11.5. The van der Waals surface area contributed by atoms with Crippen molar-refractivity contribution in [2.75, 3.05) is 0 Å². The smallest absolute Gasteiger partial charge is 0.261 e. The van der Waals surface area contributed by atoms with Crippen LogP contribution in [0, 0.1) is 19.3 Å². The van der Waals surface area contributed by atoms with Crippen LogP contribution in [0.1, 0.15) is 17.0 Å². The standard InChI is InChI=1S/C12H12ClN3OS/c1-6-7(2)17-12(16-6)18-10-4-3-8(11(14)15)5-9(10)13/h3-5H,1-2H3,(H3,14,15). The fourth-order valence-corrected chi connectivity index (χ4v) is 2.46. The molecule has 0 unspecified atom stereocenters. The Morgan fingerprint density at radius 2 is 2.17 bits per heavy atom. The lowest BCUT2D eigenvalue weighted by atomic mass is 10.2. The van der Waals surface area contributed by atoms with Crippen LogP contribution in [0.25, 0.3) is 0 Å². The fraction of sp³-hybridized carbons (Fsp3) is 0.167. The molecule has 0 atom stereocenters. The quantitative estimate of drug-likeness (QED) is 0.668. The largest absolute Gasteiger partial charge is 0.436 e. The summed E-state index contributed by atoms with van der Waals surface area (Å²) in [5.74, 6) is 0.797. The average Bonchev–Trinajstić information content (AvgIpc) is 2.61. The fourth-order valence-electron chi connectivity index (χ4n) is 1.33. The maximum absolute atomic E-state index is 7.34. The lowest BCUT2D eigenvalue weighted by molar-refractivity contribution is 0.431. The highest BCUT2D eigenvalue weighted by Gasteiger charge is 2.11. The van der Waals surface area contributed by atoms with Gasteiger partial charge in [0, 0.05) is 10.5 Å². The van der Waals surface area contributed by atoms with Crippen LogP contribution in [0.15, 0.2) is 32.7 Å². The van der Waals surface area contributed by atoms with Crippen LogP contribution < -0.4 is 5.73 Å². The molecule has 0 aliphatic carbocycles. The third kappa shape index (κ3) is 2.68. The number of benzene rings is 1. The number of nitrogen functional groups attached to an aromatic ring is 1. The molecule has 0 radical (unpaired) electrons. The van der Waals surface area contributed by atoms with Gasteiger partial charge in [-0.05, 0) is 37.7 Å². The van der Waals surface area contributed by atoms with Gasteiger partial charge in [-0.3, -0.25) is 5.41 Å². The van der Waals surface area contributed by atoms with Crippen LogP contribution >= 0.6 is 23.4 Å². The van der Waals surface area contributed by atoms with Gasteiger partial charge < -0.3 is 10.2 Å². The molecule has 6 heteroatoms. The molecular formula is C12H12ClN3OS. The van der Waals surface area contributed by atoms with Crippen molar-refractivity contribution in [3.05, 3.63) is 40.2 Å². The lowest BCUT2D eigenvalue weighted by Crippen LogP contribution is -2.10. The van der Waals surface area contributed by atoms with E-state index in [1.165, 1.54) is 11.8 Å². The summed E-state index contributed by atoms with van der Waals surface area (Å²) in [6, 6.07) is 5.21. The van der Waals surface area contributed by atoms with Gasteiger partial charge in [-0.1, -0.05) is 17.7 Å². The number of nitrogens with zero attached hydrogens (tertiary/aromatic N) is 1. The van der Waals surface area contributed by atoms with Crippen molar-refractivity contribution < 1.29 is 4.42 Å². The number of rotatable bonds is 3. The number of hydrogen-bond donors (Lipinski definition) is 2. The first-order chi connectivity index (χ1) is 8.47. The normalized spacial score (nSPS) is 10.6. The first-order valence-corrected chi connectivity index (χ1v) is 6.42. The maximum atomic E-state index is 7.34. The summed E-state index contributed by atoms with van der Waals surface area (Å²) in [6.45, 7) is 3.76. The Kier molecular flexibility index (Phi) is 3.63. The zero-order chi connectivity index (χ0) is 13.3. The van der Waals surface area contributed by atoms with Gasteiger partial charge in [0.2, 0.25) is 0 Å². The first kappa shape index (κ1) is 13.0. The van der Waals surface area contributed by atoms with E-state index < -0.39 is 0 Å². The summed E-state index contributed by atoms with van der Waals surface area (Å²) in [4.78, 5) is 5.10. The summed E-state index contributed by atoms with van der Waals surface area (Å²) in [5.41, 5.74) is 6.87. The SMILES string of the molecule is Cc1nc(Sc2ccc(C(=N)N)cc2Cl)oc1C. The number of aromatic nitrogens is 1. The number of nitrogens with one attached hydrogen (secondary N) is 1. The van der Waals surface area contributed by atoms with Gasteiger partial charge in [0.05, 0.1) is 10.7 Å². The van der Waals surface area contributed by atoms with Crippen LogP contribution in [0.4, 0.5) is 0 Å². The van der Waals surface area contributed by atoms with Crippen LogP contribution in [0.2, 0.25) is 5.02 Å². The molecule has 2 rings (SSSR count). The number of oxazole rings is 1. The molecule has 0 saturated carbocycles. The van der Waals surface area contributed by atoms with Crippen molar-refractivity contribution >= 4 is 29.2 Å². The van der Waals surface area contributed by atoms with Gasteiger partial charge >= 0.3 is 0 Å². The second kappa shape index (κ2) is 5.04. The summed E-state index contributed by atoms with van der Waals surface area (Å²) in [7, 11) is 0. The molecule has 0 bridgehead atoms.